The summed E-state index contributed by atoms with van der Waals surface area (Å²) < 4.78 is 7.14. The molecular formula is C29H35N2O2+. The molecule has 0 saturated carbocycles. The fraction of sp³-hybridized carbons (Fsp3) is 0.345. The molecule has 0 N–H and O–H groups in total. The van der Waals surface area contributed by atoms with E-state index in [1.807, 2.05) is 60.7 Å². The van der Waals surface area contributed by atoms with Crippen LogP contribution in [0.25, 0.3) is 0 Å². The first-order valence-corrected chi connectivity index (χ1v) is 12.0. The molecule has 1 saturated heterocycles. The quantitative estimate of drug-likeness (QED) is 0.424. The Morgan fingerprint density at radius 3 is 2.12 bits per heavy atom. The standard InChI is InChI=1S/C29H35N2O2/c1-24-18-20-31(2,21-19-25-12-6-3-7-13-25)23-28(24)33-29(32)30(27-16-10-5-11-17-27)22-26-14-8-4-9-15-26/h3-17,24,28H,18-23H2,1-2H3/q+1/t24?,28-,31?/m0/s1. The van der Waals surface area contributed by atoms with E-state index in [1.54, 1.807) is 4.90 Å². The lowest BCUT2D eigenvalue weighted by atomic mass is 9.93. The fourth-order valence-corrected chi connectivity index (χ4v) is 4.64. The molecule has 1 amide bonds. The fourth-order valence-electron chi connectivity index (χ4n) is 4.64. The number of rotatable bonds is 7. The third-order valence-corrected chi connectivity index (χ3v) is 6.89. The summed E-state index contributed by atoms with van der Waals surface area (Å²) in [5.41, 5.74) is 3.30. The van der Waals surface area contributed by atoms with E-state index in [9.17, 15) is 4.79 Å². The van der Waals surface area contributed by atoms with E-state index < -0.39 is 0 Å². The lowest BCUT2D eigenvalue weighted by Gasteiger charge is -2.44. The molecule has 0 spiro atoms. The third kappa shape index (κ3) is 6.23. The van der Waals surface area contributed by atoms with E-state index in [1.165, 1.54) is 5.56 Å². The minimum Gasteiger partial charge on any atom is -0.440 e. The number of carbonyl (C=O) groups excluding carboxylic acids is 1. The Morgan fingerprint density at radius 1 is 0.909 bits per heavy atom. The van der Waals surface area contributed by atoms with Crippen LogP contribution in [0, 0.1) is 5.92 Å². The van der Waals surface area contributed by atoms with Gasteiger partial charge in [-0.05, 0) is 23.3 Å². The third-order valence-electron chi connectivity index (χ3n) is 6.89. The number of ether oxygens (including phenoxy) is 1. The molecule has 3 aromatic rings. The van der Waals surface area contributed by atoms with Crippen LogP contribution in [0.2, 0.25) is 0 Å². The van der Waals surface area contributed by atoms with Crippen LogP contribution in [0.5, 0.6) is 0 Å². The van der Waals surface area contributed by atoms with Crippen molar-refractivity contribution in [3.8, 4) is 0 Å². The van der Waals surface area contributed by atoms with E-state index in [2.05, 4.69) is 44.3 Å². The number of piperidine rings is 1. The topological polar surface area (TPSA) is 29.5 Å². The van der Waals surface area contributed by atoms with Gasteiger partial charge in [-0.2, -0.15) is 0 Å². The van der Waals surface area contributed by atoms with Crippen LogP contribution in [-0.4, -0.2) is 43.4 Å². The summed E-state index contributed by atoms with van der Waals surface area (Å²) in [4.78, 5) is 15.2. The van der Waals surface area contributed by atoms with Crippen molar-refractivity contribution in [2.24, 2.45) is 5.92 Å². The highest BCUT2D eigenvalue weighted by Gasteiger charge is 2.38. The molecule has 3 atom stereocenters. The lowest BCUT2D eigenvalue weighted by molar-refractivity contribution is -0.918. The number of benzene rings is 3. The SMILES string of the molecule is CC1CC[N+](C)(CCc2ccccc2)C[C@@H]1OC(=O)N(Cc1ccccc1)c1ccccc1. The number of nitrogens with zero attached hydrogens (tertiary/aromatic N) is 2. The largest absolute Gasteiger partial charge is 0.440 e. The monoisotopic (exact) mass is 443 g/mol. The van der Waals surface area contributed by atoms with Gasteiger partial charge in [0, 0.05) is 24.4 Å². The number of carbonyl (C=O) groups is 1. The van der Waals surface area contributed by atoms with Gasteiger partial charge in [0.15, 0.2) is 6.10 Å². The van der Waals surface area contributed by atoms with Crippen molar-refractivity contribution in [2.45, 2.75) is 32.4 Å². The van der Waals surface area contributed by atoms with Crippen molar-refractivity contribution in [3.63, 3.8) is 0 Å². The van der Waals surface area contributed by atoms with Crippen LogP contribution in [0.4, 0.5) is 10.5 Å². The maximum Gasteiger partial charge on any atom is 0.415 e. The molecule has 1 aliphatic rings. The second kappa shape index (κ2) is 10.7. The molecule has 0 aromatic heterocycles. The van der Waals surface area contributed by atoms with Crippen LogP contribution >= 0.6 is 0 Å². The van der Waals surface area contributed by atoms with Crippen molar-refractivity contribution in [1.29, 1.82) is 0 Å². The molecule has 1 heterocycles. The van der Waals surface area contributed by atoms with E-state index in [0.29, 0.717) is 12.5 Å². The average Bonchev–Trinajstić information content (AvgIpc) is 2.85. The number of anilines is 1. The van der Waals surface area contributed by atoms with Crippen molar-refractivity contribution >= 4 is 11.8 Å². The number of hydrogen-bond donors (Lipinski definition) is 0. The maximum atomic E-state index is 13.4. The van der Waals surface area contributed by atoms with Crippen molar-refractivity contribution < 1.29 is 14.0 Å². The van der Waals surface area contributed by atoms with Crippen LogP contribution < -0.4 is 4.90 Å². The molecule has 0 bridgehead atoms. The van der Waals surface area contributed by atoms with E-state index in [0.717, 1.165) is 48.2 Å². The van der Waals surface area contributed by atoms with Crippen LogP contribution in [0.1, 0.15) is 24.5 Å². The van der Waals surface area contributed by atoms with E-state index in [4.69, 9.17) is 4.74 Å². The van der Waals surface area contributed by atoms with Crippen LogP contribution in [0.15, 0.2) is 91.0 Å². The van der Waals surface area contributed by atoms with Crippen molar-refractivity contribution in [1.82, 2.24) is 0 Å². The average molecular weight is 444 g/mol. The Labute approximate surface area is 198 Å². The number of likely N-dealkylation sites (N-methyl/N-ethyl adjacent to an activating group) is 1. The van der Waals surface area contributed by atoms with Crippen molar-refractivity contribution in [3.05, 3.63) is 102 Å². The molecule has 4 heteroatoms. The Balaban J connectivity index is 1.45. The zero-order valence-electron chi connectivity index (χ0n) is 19.8. The van der Waals surface area contributed by atoms with Gasteiger partial charge in [0.1, 0.15) is 6.54 Å². The van der Waals surface area contributed by atoms with Gasteiger partial charge in [-0.1, -0.05) is 85.8 Å². The first-order valence-electron chi connectivity index (χ1n) is 12.0. The molecule has 0 aliphatic carbocycles. The van der Waals surface area contributed by atoms with Gasteiger partial charge in [-0.15, -0.1) is 0 Å². The Morgan fingerprint density at radius 2 is 1.48 bits per heavy atom. The summed E-state index contributed by atoms with van der Waals surface area (Å²) in [6, 6.07) is 30.6. The van der Waals surface area contributed by atoms with Crippen LogP contribution in [-0.2, 0) is 17.7 Å². The summed E-state index contributed by atoms with van der Waals surface area (Å²) in [6.07, 6.45) is 1.75. The van der Waals surface area contributed by atoms with Gasteiger partial charge in [0.05, 0.1) is 26.7 Å². The Bertz CT molecular complexity index is 1010. The number of amides is 1. The molecule has 172 valence electrons. The number of likely N-dealkylation sites (tertiary alicyclic amines) is 1. The number of quaternary nitrogens is 1. The van der Waals surface area contributed by atoms with Gasteiger partial charge in [-0.25, -0.2) is 4.79 Å². The first-order chi connectivity index (χ1) is 16.0. The van der Waals surface area contributed by atoms with Gasteiger partial charge in [0.25, 0.3) is 0 Å². The zero-order chi connectivity index (χ0) is 23.1. The van der Waals surface area contributed by atoms with Gasteiger partial charge in [-0.3, -0.25) is 4.90 Å². The minimum absolute atomic E-state index is 0.0889. The van der Waals surface area contributed by atoms with Crippen LogP contribution in [0.3, 0.4) is 0 Å². The summed E-state index contributed by atoms with van der Waals surface area (Å²) in [5.74, 6) is 0.353. The smallest absolute Gasteiger partial charge is 0.415 e. The highest BCUT2D eigenvalue weighted by molar-refractivity contribution is 5.87. The molecule has 2 unspecified atom stereocenters. The zero-order valence-corrected chi connectivity index (χ0v) is 19.8. The predicted octanol–water partition coefficient (Wildman–Crippen LogP) is 5.93. The maximum absolute atomic E-state index is 13.4. The van der Waals surface area contributed by atoms with E-state index in [-0.39, 0.29) is 12.2 Å². The Hall–Kier alpha value is -3.11. The second-order valence-electron chi connectivity index (χ2n) is 9.58. The van der Waals surface area contributed by atoms with Gasteiger partial charge >= 0.3 is 6.09 Å². The van der Waals surface area contributed by atoms with Crippen molar-refractivity contribution in [2.75, 3.05) is 31.6 Å². The molecule has 33 heavy (non-hydrogen) atoms. The van der Waals surface area contributed by atoms with Gasteiger partial charge < -0.3 is 9.22 Å². The van der Waals surface area contributed by atoms with E-state index >= 15 is 0 Å². The molecule has 1 fully saturated rings. The summed E-state index contributed by atoms with van der Waals surface area (Å²) in [7, 11) is 2.30. The number of hydrogen-bond acceptors (Lipinski definition) is 2. The summed E-state index contributed by atoms with van der Waals surface area (Å²) in [5, 5.41) is 0. The highest BCUT2D eigenvalue weighted by atomic mass is 16.6. The first kappa shape index (κ1) is 23.1. The van der Waals surface area contributed by atoms with Gasteiger partial charge in [0.2, 0.25) is 0 Å². The second-order valence-corrected chi connectivity index (χ2v) is 9.58. The lowest BCUT2D eigenvalue weighted by Crippen LogP contribution is -2.57. The predicted molar refractivity (Wildman–Crippen MR) is 134 cm³/mol. The highest BCUT2D eigenvalue weighted by Crippen LogP contribution is 2.27. The molecule has 4 nitrogen and oxygen atoms in total. The molecule has 0 radical (unpaired) electrons. The molecule has 3 aromatic carbocycles. The summed E-state index contributed by atoms with van der Waals surface area (Å²) in [6.45, 7) is 5.73. The normalized spacial score (nSPS) is 22.5. The molecule has 1 aliphatic heterocycles. The molecule has 4 rings (SSSR count). The number of para-hydroxylation sites is 1. The molecular weight excluding hydrogens is 408 g/mol. The Kier molecular flexibility index (Phi) is 7.46. The minimum atomic E-state index is -0.265. The summed E-state index contributed by atoms with van der Waals surface area (Å²) >= 11 is 0.